The molecule has 0 saturated heterocycles. The van der Waals surface area contributed by atoms with Crippen molar-refractivity contribution < 1.29 is 22.0 Å². The fraction of sp³-hybridized carbons (Fsp3) is 0. The largest absolute Gasteiger partial charge is 0.422 e. The van der Waals surface area contributed by atoms with Crippen molar-refractivity contribution in [2.24, 2.45) is 5.14 Å². The van der Waals surface area contributed by atoms with Crippen molar-refractivity contribution in [3.63, 3.8) is 0 Å². The molecule has 25 heavy (non-hydrogen) atoms. The van der Waals surface area contributed by atoms with E-state index in [1.807, 2.05) is 0 Å². The lowest BCUT2D eigenvalue weighted by molar-refractivity contribution is 0.102. The first-order valence-electron chi connectivity index (χ1n) is 6.92. The molecule has 0 aliphatic heterocycles. The van der Waals surface area contributed by atoms with Gasteiger partial charge in [-0.2, -0.15) is 0 Å². The predicted octanol–water partition coefficient (Wildman–Crippen LogP) is 1.83. The molecule has 1 aromatic heterocycles. The van der Waals surface area contributed by atoms with Crippen LogP contribution in [0.5, 0.6) is 0 Å². The Labute approximate surface area is 140 Å². The molecule has 3 rings (SSSR count). The molecule has 3 N–H and O–H groups in total. The Hall–Kier alpha value is -3.04. The third-order valence-electron chi connectivity index (χ3n) is 3.40. The number of halogens is 1. The van der Waals surface area contributed by atoms with E-state index in [9.17, 15) is 22.4 Å². The van der Waals surface area contributed by atoms with Gasteiger partial charge in [0.05, 0.1) is 10.6 Å². The van der Waals surface area contributed by atoms with Gasteiger partial charge in [-0.25, -0.2) is 22.7 Å². The first-order valence-corrected chi connectivity index (χ1v) is 8.47. The van der Waals surface area contributed by atoms with Gasteiger partial charge in [0.25, 0.3) is 5.91 Å². The number of carbonyl (C=O) groups excluding carboxylic acids is 1. The Morgan fingerprint density at radius 3 is 2.52 bits per heavy atom. The summed E-state index contributed by atoms with van der Waals surface area (Å²) in [7, 11) is -4.07. The zero-order valence-corrected chi connectivity index (χ0v) is 13.3. The van der Waals surface area contributed by atoms with E-state index in [1.165, 1.54) is 6.07 Å². The molecule has 0 bridgehead atoms. The molecule has 9 heteroatoms. The fourth-order valence-corrected chi connectivity index (χ4v) is 2.71. The lowest BCUT2D eigenvalue weighted by Crippen LogP contribution is -2.21. The van der Waals surface area contributed by atoms with Crippen LogP contribution in [0.25, 0.3) is 11.0 Å². The highest BCUT2D eigenvalue weighted by molar-refractivity contribution is 7.89. The smallest absolute Gasteiger partial charge is 0.349 e. The van der Waals surface area contributed by atoms with E-state index in [1.54, 1.807) is 24.3 Å². The van der Waals surface area contributed by atoms with Gasteiger partial charge in [-0.15, -0.1) is 0 Å². The topological polar surface area (TPSA) is 119 Å². The number of benzene rings is 2. The van der Waals surface area contributed by atoms with Crippen LogP contribution in [0.3, 0.4) is 0 Å². The molecule has 128 valence electrons. The first kappa shape index (κ1) is 16.8. The molecule has 2 aromatic carbocycles. The van der Waals surface area contributed by atoms with Crippen LogP contribution in [0.15, 0.2) is 62.6 Å². The Morgan fingerprint density at radius 2 is 1.84 bits per heavy atom. The third-order valence-corrected chi connectivity index (χ3v) is 4.31. The first-order chi connectivity index (χ1) is 11.8. The van der Waals surface area contributed by atoms with Crippen LogP contribution in [0, 0.1) is 5.82 Å². The molecule has 1 heterocycles. The number of nitrogens with two attached hydrogens (primary N) is 1. The molecule has 0 spiro atoms. The van der Waals surface area contributed by atoms with E-state index in [2.05, 4.69) is 5.32 Å². The van der Waals surface area contributed by atoms with Gasteiger partial charge in [-0.05, 0) is 30.3 Å². The van der Waals surface area contributed by atoms with Crippen LogP contribution in [0.4, 0.5) is 10.1 Å². The Bertz CT molecular complexity index is 1150. The Morgan fingerprint density at radius 1 is 1.12 bits per heavy atom. The predicted molar refractivity (Wildman–Crippen MR) is 88.2 cm³/mol. The monoisotopic (exact) mass is 362 g/mol. The molecule has 1 amide bonds. The highest BCUT2D eigenvalue weighted by Gasteiger charge is 2.17. The van der Waals surface area contributed by atoms with Crippen molar-refractivity contribution in [3.05, 3.63) is 70.3 Å². The van der Waals surface area contributed by atoms with Crippen molar-refractivity contribution >= 4 is 32.6 Å². The summed E-state index contributed by atoms with van der Waals surface area (Å²) in [6.07, 6.45) is 0. The van der Waals surface area contributed by atoms with E-state index in [0.717, 1.165) is 12.1 Å². The quantitative estimate of drug-likeness (QED) is 0.689. The van der Waals surface area contributed by atoms with E-state index in [-0.39, 0.29) is 11.3 Å². The second kappa shape index (κ2) is 6.11. The molecule has 0 aliphatic carbocycles. The molecular weight excluding hydrogens is 351 g/mol. The molecule has 0 aliphatic rings. The number of primary sulfonamides is 1. The van der Waals surface area contributed by atoms with Gasteiger partial charge in [0.2, 0.25) is 10.0 Å². The standard InChI is InChI=1S/C16H11FN2O5S/c17-12-8-10(25(18,22)23)5-6-13(12)19-15(20)11-7-9-3-1-2-4-14(9)24-16(11)21/h1-8H,(H,19,20)(H2,18,22,23). The normalized spacial score (nSPS) is 11.4. The number of sulfonamides is 1. The number of rotatable bonds is 3. The summed E-state index contributed by atoms with van der Waals surface area (Å²) in [6.45, 7) is 0. The molecule has 3 aromatic rings. The summed E-state index contributed by atoms with van der Waals surface area (Å²) in [6, 6.07) is 10.7. The number of hydrogen-bond donors (Lipinski definition) is 2. The second-order valence-electron chi connectivity index (χ2n) is 5.13. The van der Waals surface area contributed by atoms with Gasteiger partial charge in [0, 0.05) is 5.39 Å². The fourth-order valence-electron chi connectivity index (χ4n) is 2.18. The zero-order chi connectivity index (χ0) is 18.2. The van der Waals surface area contributed by atoms with Crippen molar-refractivity contribution in [1.29, 1.82) is 0 Å². The molecule has 0 unspecified atom stereocenters. The maximum atomic E-state index is 14.0. The van der Waals surface area contributed by atoms with Crippen LogP contribution >= 0.6 is 0 Å². The van der Waals surface area contributed by atoms with Gasteiger partial charge in [-0.3, -0.25) is 4.79 Å². The summed E-state index contributed by atoms with van der Waals surface area (Å²) in [4.78, 5) is 23.7. The number of fused-ring (bicyclic) bond motifs is 1. The zero-order valence-electron chi connectivity index (χ0n) is 12.5. The number of carbonyl (C=O) groups is 1. The van der Waals surface area contributed by atoms with Gasteiger partial charge >= 0.3 is 5.63 Å². The minimum atomic E-state index is -4.07. The summed E-state index contributed by atoms with van der Waals surface area (Å²) < 4.78 is 41.4. The van der Waals surface area contributed by atoms with Gasteiger partial charge in [0.15, 0.2) is 0 Å². The number of para-hydroxylation sites is 1. The molecular formula is C16H11FN2O5S. The van der Waals surface area contributed by atoms with E-state index in [0.29, 0.717) is 17.0 Å². The van der Waals surface area contributed by atoms with Crippen molar-refractivity contribution in [2.75, 3.05) is 5.32 Å². The number of hydrogen-bond acceptors (Lipinski definition) is 5. The summed E-state index contributed by atoms with van der Waals surface area (Å²) in [5, 5.41) is 7.63. The Kier molecular flexibility index (Phi) is 4.11. The summed E-state index contributed by atoms with van der Waals surface area (Å²) in [5.74, 6) is -1.90. The average molecular weight is 362 g/mol. The van der Waals surface area contributed by atoms with Crippen LogP contribution in [0.1, 0.15) is 10.4 Å². The average Bonchev–Trinajstić information content (AvgIpc) is 2.55. The number of anilines is 1. The van der Waals surface area contributed by atoms with Crippen molar-refractivity contribution in [2.45, 2.75) is 4.90 Å². The van der Waals surface area contributed by atoms with Crippen LogP contribution < -0.4 is 16.1 Å². The number of nitrogens with one attached hydrogen (secondary N) is 1. The van der Waals surface area contributed by atoms with Crippen LogP contribution in [-0.4, -0.2) is 14.3 Å². The van der Waals surface area contributed by atoms with Gasteiger partial charge < -0.3 is 9.73 Å². The minimum Gasteiger partial charge on any atom is -0.422 e. The maximum absolute atomic E-state index is 14.0. The summed E-state index contributed by atoms with van der Waals surface area (Å²) >= 11 is 0. The molecule has 0 radical (unpaired) electrons. The number of amides is 1. The molecule has 7 nitrogen and oxygen atoms in total. The van der Waals surface area contributed by atoms with Gasteiger partial charge in [0.1, 0.15) is 17.0 Å². The summed E-state index contributed by atoms with van der Waals surface area (Å²) in [5.41, 5.74) is -1.18. The highest BCUT2D eigenvalue weighted by atomic mass is 32.2. The van der Waals surface area contributed by atoms with E-state index in [4.69, 9.17) is 9.56 Å². The lowest BCUT2D eigenvalue weighted by atomic mass is 10.1. The molecule has 0 atom stereocenters. The SMILES string of the molecule is NS(=O)(=O)c1ccc(NC(=O)c2cc3ccccc3oc2=O)c(F)c1. The van der Waals surface area contributed by atoms with Gasteiger partial charge in [-0.1, -0.05) is 18.2 Å². The highest BCUT2D eigenvalue weighted by Crippen LogP contribution is 2.19. The lowest BCUT2D eigenvalue weighted by Gasteiger charge is -2.07. The van der Waals surface area contributed by atoms with Crippen LogP contribution in [-0.2, 0) is 10.0 Å². The second-order valence-corrected chi connectivity index (χ2v) is 6.69. The third kappa shape index (κ3) is 3.42. The van der Waals surface area contributed by atoms with Crippen LogP contribution in [0.2, 0.25) is 0 Å². The maximum Gasteiger partial charge on any atom is 0.349 e. The van der Waals surface area contributed by atoms with Crippen molar-refractivity contribution in [1.82, 2.24) is 0 Å². The van der Waals surface area contributed by atoms with Crippen molar-refractivity contribution in [3.8, 4) is 0 Å². The van der Waals surface area contributed by atoms with E-state index < -0.39 is 32.3 Å². The van der Waals surface area contributed by atoms with E-state index >= 15 is 0 Å². The molecule has 0 saturated carbocycles. The Balaban J connectivity index is 1.95. The minimum absolute atomic E-state index is 0.301. The molecule has 0 fully saturated rings.